The summed E-state index contributed by atoms with van der Waals surface area (Å²) >= 11 is 0. The van der Waals surface area contributed by atoms with Crippen LogP contribution in [0.15, 0.2) is 18.2 Å². The average molecular weight is 266 g/mol. The standard InChI is InChI=1S/C14H19FN2O2/c15-13-7-11(18)5-6-12(13)14(19)17-8-9-1-3-10(16)4-2-9/h5-7,9-10,18H,1-4,8,16H2,(H,17,19). The van der Waals surface area contributed by atoms with Crippen molar-refractivity contribution in [2.45, 2.75) is 31.7 Å². The van der Waals surface area contributed by atoms with Crippen molar-refractivity contribution in [1.82, 2.24) is 5.32 Å². The van der Waals surface area contributed by atoms with Crippen LogP contribution in [-0.2, 0) is 0 Å². The van der Waals surface area contributed by atoms with Crippen molar-refractivity contribution in [2.75, 3.05) is 6.54 Å². The molecular formula is C14H19FN2O2. The van der Waals surface area contributed by atoms with Crippen molar-refractivity contribution in [1.29, 1.82) is 0 Å². The molecule has 1 fully saturated rings. The maximum absolute atomic E-state index is 13.5. The lowest BCUT2D eigenvalue weighted by Crippen LogP contribution is -2.34. The van der Waals surface area contributed by atoms with Crippen LogP contribution in [0.2, 0.25) is 0 Å². The third-order valence-corrected chi connectivity index (χ3v) is 3.64. The Bertz CT molecular complexity index is 457. The average Bonchev–Trinajstić information content (AvgIpc) is 2.37. The molecule has 4 nitrogen and oxygen atoms in total. The third-order valence-electron chi connectivity index (χ3n) is 3.64. The summed E-state index contributed by atoms with van der Waals surface area (Å²) in [5.74, 6) is -0.908. The Morgan fingerprint density at radius 2 is 2.05 bits per heavy atom. The summed E-state index contributed by atoms with van der Waals surface area (Å²) in [6.07, 6.45) is 3.96. The summed E-state index contributed by atoms with van der Waals surface area (Å²) in [4.78, 5) is 11.8. The van der Waals surface area contributed by atoms with Crippen molar-refractivity contribution < 1.29 is 14.3 Å². The van der Waals surface area contributed by atoms with E-state index in [0.29, 0.717) is 12.5 Å². The fourth-order valence-electron chi connectivity index (χ4n) is 2.41. The number of phenolic OH excluding ortho intramolecular Hbond substituents is 1. The molecule has 1 aromatic rings. The van der Waals surface area contributed by atoms with E-state index in [1.165, 1.54) is 12.1 Å². The highest BCUT2D eigenvalue weighted by atomic mass is 19.1. The second kappa shape index (κ2) is 6.02. The van der Waals surface area contributed by atoms with Gasteiger partial charge in [-0.25, -0.2) is 4.39 Å². The first kappa shape index (κ1) is 13.8. The van der Waals surface area contributed by atoms with Crippen LogP contribution < -0.4 is 11.1 Å². The molecule has 4 N–H and O–H groups in total. The van der Waals surface area contributed by atoms with Gasteiger partial charge in [0.15, 0.2) is 0 Å². The van der Waals surface area contributed by atoms with Gasteiger partial charge in [0.2, 0.25) is 0 Å². The number of halogens is 1. The zero-order valence-corrected chi connectivity index (χ0v) is 10.7. The van der Waals surface area contributed by atoms with E-state index in [1.54, 1.807) is 0 Å². The Balaban J connectivity index is 1.87. The Kier molecular flexibility index (Phi) is 4.37. The lowest BCUT2D eigenvalue weighted by molar-refractivity contribution is 0.0939. The van der Waals surface area contributed by atoms with Crippen LogP contribution in [0.3, 0.4) is 0 Å². The maximum Gasteiger partial charge on any atom is 0.254 e. The number of amides is 1. The summed E-state index contributed by atoms with van der Waals surface area (Å²) in [6, 6.07) is 3.81. The monoisotopic (exact) mass is 266 g/mol. The van der Waals surface area contributed by atoms with E-state index in [-0.39, 0.29) is 17.4 Å². The van der Waals surface area contributed by atoms with Gasteiger partial charge in [0.25, 0.3) is 5.91 Å². The van der Waals surface area contributed by atoms with Gasteiger partial charge in [0.1, 0.15) is 11.6 Å². The van der Waals surface area contributed by atoms with Crippen molar-refractivity contribution in [3.8, 4) is 5.75 Å². The van der Waals surface area contributed by atoms with Crippen molar-refractivity contribution in [3.05, 3.63) is 29.6 Å². The smallest absolute Gasteiger partial charge is 0.254 e. The minimum absolute atomic E-state index is 0.0367. The third kappa shape index (κ3) is 3.67. The van der Waals surface area contributed by atoms with Crippen molar-refractivity contribution in [3.63, 3.8) is 0 Å². The van der Waals surface area contributed by atoms with Gasteiger partial charge in [-0.05, 0) is 43.7 Å². The van der Waals surface area contributed by atoms with Crippen molar-refractivity contribution in [2.24, 2.45) is 11.7 Å². The van der Waals surface area contributed by atoms with Crippen LogP contribution in [0, 0.1) is 11.7 Å². The van der Waals surface area contributed by atoms with Crippen LogP contribution in [0.5, 0.6) is 5.75 Å². The minimum atomic E-state index is -0.705. The van der Waals surface area contributed by atoms with Crippen molar-refractivity contribution >= 4 is 5.91 Å². The lowest BCUT2D eigenvalue weighted by Gasteiger charge is -2.26. The first-order chi connectivity index (χ1) is 9.06. The van der Waals surface area contributed by atoms with E-state index in [0.717, 1.165) is 31.7 Å². The largest absolute Gasteiger partial charge is 0.508 e. The number of nitrogens with two attached hydrogens (primary N) is 1. The number of carbonyl (C=O) groups is 1. The first-order valence-corrected chi connectivity index (χ1v) is 6.58. The molecule has 0 aromatic heterocycles. The molecular weight excluding hydrogens is 247 g/mol. The van der Waals surface area contributed by atoms with E-state index in [1.807, 2.05) is 0 Å². The van der Waals surface area contributed by atoms with E-state index in [4.69, 9.17) is 10.8 Å². The van der Waals surface area contributed by atoms with Crippen LogP contribution in [0.1, 0.15) is 36.0 Å². The molecule has 1 aliphatic carbocycles. The molecule has 0 heterocycles. The molecule has 1 saturated carbocycles. The minimum Gasteiger partial charge on any atom is -0.508 e. The summed E-state index contributed by atoms with van der Waals surface area (Å²) < 4.78 is 13.5. The van der Waals surface area contributed by atoms with Crippen LogP contribution in [0.25, 0.3) is 0 Å². The second-order valence-corrected chi connectivity index (χ2v) is 5.15. The molecule has 1 amide bonds. The van der Waals surface area contributed by atoms with E-state index in [9.17, 15) is 9.18 Å². The van der Waals surface area contributed by atoms with Gasteiger partial charge in [-0.2, -0.15) is 0 Å². The zero-order chi connectivity index (χ0) is 13.8. The topological polar surface area (TPSA) is 75.3 Å². The number of carbonyl (C=O) groups excluding carboxylic acids is 1. The van der Waals surface area contributed by atoms with Gasteiger partial charge in [-0.1, -0.05) is 0 Å². The molecule has 0 unspecified atom stereocenters. The molecule has 0 aliphatic heterocycles. The quantitative estimate of drug-likeness (QED) is 0.780. The highest BCUT2D eigenvalue weighted by Crippen LogP contribution is 2.22. The number of phenols is 1. The first-order valence-electron chi connectivity index (χ1n) is 6.58. The van der Waals surface area contributed by atoms with Gasteiger partial charge < -0.3 is 16.2 Å². The normalized spacial score (nSPS) is 23.1. The highest BCUT2D eigenvalue weighted by molar-refractivity contribution is 5.94. The molecule has 104 valence electrons. The summed E-state index contributed by atoms with van der Waals surface area (Å²) in [7, 11) is 0. The Morgan fingerprint density at radius 3 is 2.68 bits per heavy atom. The summed E-state index contributed by atoms with van der Waals surface area (Å²) in [5.41, 5.74) is 5.78. The molecule has 0 saturated heterocycles. The lowest BCUT2D eigenvalue weighted by atomic mass is 9.86. The molecule has 19 heavy (non-hydrogen) atoms. The maximum atomic E-state index is 13.5. The predicted octanol–water partition coefficient (Wildman–Crippen LogP) is 1.78. The fourth-order valence-corrected chi connectivity index (χ4v) is 2.41. The number of nitrogens with one attached hydrogen (secondary N) is 1. The van der Waals surface area contributed by atoms with Crippen LogP contribution in [0.4, 0.5) is 4.39 Å². The van der Waals surface area contributed by atoms with E-state index in [2.05, 4.69) is 5.32 Å². The number of benzene rings is 1. The summed E-state index contributed by atoms with van der Waals surface area (Å²) in [5, 5.41) is 11.8. The van der Waals surface area contributed by atoms with Gasteiger partial charge in [-0.15, -0.1) is 0 Å². The Hall–Kier alpha value is -1.62. The van der Waals surface area contributed by atoms with Crippen LogP contribution in [-0.4, -0.2) is 23.6 Å². The van der Waals surface area contributed by atoms with Gasteiger partial charge in [0, 0.05) is 18.7 Å². The summed E-state index contributed by atoms with van der Waals surface area (Å²) in [6.45, 7) is 0.547. The zero-order valence-electron chi connectivity index (χ0n) is 10.7. The van der Waals surface area contributed by atoms with Gasteiger partial charge in [0.05, 0.1) is 5.56 Å². The predicted molar refractivity (Wildman–Crippen MR) is 70.3 cm³/mol. The molecule has 1 aromatic carbocycles. The second-order valence-electron chi connectivity index (χ2n) is 5.15. The number of hydrogen-bond donors (Lipinski definition) is 3. The molecule has 2 rings (SSSR count). The number of aromatic hydroxyl groups is 1. The Morgan fingerprint density at radius 1 is 1.37 bits per heavy atom. The molecule has 0 atom stereocenters. The SMILES string of the molecule is NC1CCC(CNC(=O)c2ccc(O)cc2F)CC1. The molecule has 5 heteroatoms. The van der Waals surface area contributed by atoms with E-state index >= 15 is 0 Å². The molecule has 0 spiro atoms. The van der Waals surface area contributed by atoms with E-state index < -0.39 is 11.7 Å². The molecule has 0 radical (unpaired) electrons. The van der Waals surface area contributed by atoms with Crippen LogP contribution >= 0.6 is 0 Å². The molecule has 1 aliphatic rings. The molecule has 0 bridgehead atoms. The van der Waals surface area contributed by atoms with Gasteiger partial charge >= 0.3 is 0 Å². The van der Waals surface area contributed by atoms with Gasteiger partial charge in [-0.3, -0.25) is 4.79 Å². The Labute approximate surface area is 111 Å². The number of hydrogen-bond acceptors (Lipinski definition) is 3. The number of rotatable bonds is 3. The fraction of sp³-hybridized carbons (Fsp3) is 0.500. The highest BCUT2D eigenvalue weighted by Gasteiger charge is 2.20.